The van der Waals surface area contributed by atoms with Crippen LogP contribution in [0.15, 0.2) is 12.1 Å². The van der Waals surface area contributed by atoms with Crippen molar-refractivity contribution in [2.75, 3.05) is 13.1 Å². The van der Waals surface area contributed by atoms with E-state index in [4.69, 9.17) is 0 Å². The summed E-state index contributed by atoms with van der Waals surface area (Å²) in [5.74, 6) is 0. The Labute approximate surface area is 115 Å². The van der Waals surface area contributed by atoms with Crippen molar-refractivity contribution in [3.8, 4) is 0 Å². The fraction of sp³-hybridized carbons (Fsp3) is 0.733. The number of nitrogens with one attached hydrogen (secondary N) is 1. The Hall–Kier alpha value is -0.380. The van der Waals surface area contributed by atoms with Gasteiger partial charge in [0.2, 0.25) is 0 Å². The molecule has 18 heavy (non-hydrogen) atoms. The van der Waals surface area contributed by atoms with Crippen molar-refractivity contribution in [3.63, 3.8) is 0 Å². The van der Waals surface area contributed by atoms with Crippen molar-refractivity contribution in [1.29, 1.82) is 0 Å². The van der Waals surface area contributed by atoms with E-state index in [2.05, 4.69) is 50.0 Å². The molecule has 3 unspecified atom stereocenters. The van der Waals surface area contributed by atoms with Gasteiger partial charge in [-0.2, -0.15) is 0 Å². The molecular weight excluding hydrogens is 240 g/mol. The largest absolute Gasteiger partial charge is 0.311 e. The number of thiophene rings is 1. The van der Waals surface area contributed by atoms with Crippen LogP contribution in [0.2, 0.25) is 0 Å². The summed E-state index contributed by atoms with van der Waals surface area (Å²) in [5, 5.41) is 3.67. The Bertz CT molecular complexity index is 374. The molecule has 2 rings (SSSR count). The second-order valence-corrected chi connectivity index (χ2v) is 6.88. The van der Waals surface area contributed by atoms with Crippen LogP contribution in [-0.2, 0) is 0 Å². The van der Waals surface area contributed by atoms with Gasteiger partial charge in [-0.1, -0.05) is 13.3 Å². The molecule has 0 radical (unpaired) electrons. The molecule has 1 saturated heterocycles. The van der Waals surface area contributed by atoms with E-state index in [9.17, 15) is 0 Å². The molecule has 0 aromatic carbocycles. The third kappa shape index (κ3) is 3.14. The molecule has 2 nitrogen and oxygen atoms in total. The number of hydrogen-bond acceptors (Lipinski definition) is 3. The van der Waals surface area contributed by atoms with Gasteiger partial charge in [0.15, 0.2) is 0 Å². The van der Waals surface area contributed by atoms with E-state index in [0.29, 0.717) is 18.1 Å². The van der Waals surface area contributed by atoms with E-state index in [0.717, 1.165) is 6.54 Å². The molecule has 0 spiro atoms. The first-order valence-electron chi connectivity index (χ1n) is 7.17. The lowest BCUT2D eigenvalue weighted by atomic mass is 10.0. The number of aryl methyl sites for hydroxylation is 1. The molecule has 102 valence electrons. The summed E-state index contributed by atoms with van der Waals surface area (Å²) in [6, 6.07) is 6.41. The zero-order valence-electron chi connectivity index (χ0n) is 12.1. The monoisotopic (exact) mass is 266 g/mol. The van der Waals surface area contributed by atoms with Crippen LogP contribution in [0, 0.1) is 6.92 Å². The summed E-state index contributed by atoms with van der Waals surface area (Å²) in [5.41, 5.74) is 0. The van der Waals surface area contributed by atoms with Gasteiger partial charge in [-0.15, -0.1) is 11.3 Å². The normalized spacial score (nSPS) is 27.3. The zero-order valence-corrected chi connectivity index (χ0v) is 12.9. The third-order valence-corrected chi connectivity index (χ3v) is 5.18. The molecule has 1 aromatic heterocycles. The van der Waals surface area contributed by atoms with Crippen LogP contribution >= 0.6 is 11.3 Å². The molecule has 1 aromatic rings. The molecular formula is C15H26N2S. The molecule has 2 heterocycles. The van der Waals surface area contributed by atoms with Crippen LogP contribution in [0.5, 0.6) is 0 Å². The van der Waals surface area contributed by atoms with E-state index in [-0.39, 0.29) is 0 Å². The highest BCUT2D eigenvalue weighted by atomic mass is 32.1. The van der Waals surface area contributed by atoms with Crippen molar-refractivity contribution < 1.29 is 0 Å². The van der Waals surface area contributed by atoms with Crippen molar-refractivity contribution in [2.24, 2.45) is 0 Å². The minimum absolute atomic E-state index is 0.556. The Kier molecular flexibility index (Phi) is 4.82. The quantitative estimate of drug-likeness (QED) is 0.896. The average Bonchev–Trinajstić information content (AvgIpc) is 2.78. The van der Waals surface area contributed by atoms with Gasteiger partial charge < -0.3 is 5.32 Å². The van der Waals surface area contributed by atoms with Crippen LogP contribution in [0.3, 0.4) is 0 Å². The molecule has 0 saturated carbocycles. The standard InChI is InChI=1S/C15H26N2S/c1-5-6-14-10-17(11(2)9-16-14)13(4)15-8-7-12(3)18-15/h7-8,11,13-14,16H,5-6,9-10H2,1-4H3. The lowest BCUT2D eigenvalue weighted by Crippen LogP contribution is -2.55. The Morgan fingerprint density at radius 2 is 2.28 bits per heavy atom. The Balaban J connectivity index is 2.05. The fourth-order valence-corrected chi connectivity index (χ4v) is 3.83. The highest BCUT2D eigenvalue weighted by molar-refractivity contribution is 7.12. The van der Waals surface area contributed by atoms with Gasteiger partial charge in [0.1, 0.15) is 0 Å². The Morgan fingerprint density at radius 1 is 1.50 bits per heavy atom. The van der Waals surface area contributed by atoms with Crippen molar-refractivity contribution in [1.82, 2.24) is 10.2 Å². The van der Waals surface area contributed by atoms with Gasteiger partial charge in [0.05, 0.1) is 0 Å². The summed E-state index contributed by atoms with van der Waals surface area (Å²) in [6.45, 7) is 11.5. The third-order valence-electron chi connectivity index (χ3n) is 4.01. The first-order chi connectivity index (χ1) is 8.61. The number of hydrogen-bond donors (Lipinski definition) is 1. The smallest absolute Gasteiger partial charge is 0.0417 e. The molecule has 1 aliphatic rings. The lowest BCUT2D eigenvalue weighted by molar-refractivity contribution is 0.0975. The number of piperazine rings is 1. The summed E-state index contributed by atoms with van der Waals surface area (Å²) in [7, 11) is 0. The molecule has 0 aliphatic carbocycles. The van der Waals surface area contributed by atoms with E-state index in [1.54, 1.807) is 0 Å². The zero-order chi connectivity index (χ0) is 13.1. The lowest BCUT2D eigenvalue weighted by Gasteiger charge is -2.42. The summed E-state index contributed by atoms with van der Waals surface area (Å²) in [6.07, 6.45) is 2.56. The van der Waals surface area contributed by atoms with Gasteiger partial charge >= 0.3 is 0 Å². The fourth-order valence-electron chi connectivity index (χ4n) is 2.88. The van der Waals surface area contributed by atoms with Gasteiger partial charge in [0, 0.05) is 41.0 Å². The van der Waals surface area contributed by atoms with Gasteiger partial charge in [-0.05, 0) is 39.3 Å². The summed E-state index contributed by atoms with van der Waals surface area (Å²) >= 11 is 1.94. The predicted octanol–water partition coefficient (Wildman–Crippen LogP) is 3.58. The Morgan fingerprint density at radius 3 is 2.89 bits per heavy atom. The van der Waals surface area contributed by atoms with Crippen molar-refractivity contribution >= 4 is 11.3 Å². The van der Waals surface area contributed by atoms with Gasteiger partial charge in [-0.25, -0.2) is 0 Å². The highest BCUT2D eigenvalue weighted by Gasteiger charge is 2.29. The number of nitrogens with zero attached hydrogens (tertiary/aromatic N) is 1. The second-order valence-electron chi connectivity index (χ2n) is 5.56. The van der Waals surface area contributed by atoms with Crippen LogP contribution < -0.4 is 5.32 Å². The van der Waals surface area contributed by atoms with E-state index < -0.39 is 0 Å². The minimum atomic E-state index is 0.556. The average molecular weight is 266 g/mol. The first-order valence-corrected chi connectivity index (χ1v) is 7.99. The SMILES string of the molecule is CCCC1CN(C(C)c2ccc(C)s2)C(C)CN1. The maximum Gasteiger partial charge on any atom is 0.0417 e. The van der Waals surface area contributed by atoms with E-state index in [1.165, 1.54) is 29.1 Å². The molecule has 1 N–H and O–H groups in total. The molecule has 0 amide bonds. The summed E-state index contributed by atoms with van der Waals surface area (Å²) in [4.78, 5) is 5.60. The molecule has 1 aliphatic heterocycles. The maximum absolute atomic E-state index is 3.67. The maximum atomic E-state index is 3.67. The van der Waals surface area contributed by atoms with E-state index in [1.807, 2.05) is 11.3 Å². The van der Waals surface area contributed by atoms with E-state index >= 15 is 0 Å². The van der Waals surface area contributed by atoms with Gasteiger partial charge in [-0.3, -0.25) is 4.90 Å². The first kappa shape index (κ1) is 14.0. The van der Waals surface area contributed by atoms with Crippen molar-refractivity contribution in [3.05, 3.63) is 21.9 Å². The van der Waals surface area contributed by atoms with Crippen LogP contribution in [0.25, 0.3) is 0 Å². The van der Waals surface area contributed by atoms with Crippen LogP contribution in [-0.4, -0.2) is 30.1 Å². The summed E-state index contributed by atoms with van der Waals surface area (Å²) < 4.78 is 0. The number of rotatable bonds is 4. The van der Waals surface area contributed by atoms with Crippen LogP contribution in [0.4, 0.5) is 0 Å². The molecule has 3 heteroatoms. The van der Waals surface area contributed by atoms with Crippen molar-refractivity contribution in [2.45, 2.75) is 58.7 Å². The second kappa shape index (κ2) is 6.18. The molecule has 0 bridgehead atoms. The predicted molar refractivity (Wildman–Crippen MR) is 80.3 cm³/mol. The highest BCUT2D eigenvalue weighted by Crippen LogP contribution is 2.30. The topological polar surface area (TPSA) is 15.3 Å². The van der Waals surface area contributed by atoms with Gasteiger partial charge in [0.25, 0.3) is 0 Å². The molecule has 3 atom stereocenters. The van der Waals surface area contributed by atoms with Crippen LogP contribution in [0.1, 0.15) is 49.4 Å². The minimum Gasteiger partial charge on any atom is -0.311 e. The molecule has 1 fully saturated rings.